The quantitative estimate of drug-likeness (QED) is 0.857. The lowest BCUT2D eigenvalue weighted by Crippen LogP contribution is -2.14. The Balaban J connectivity index is 2.14. The van der Waals surface area contributed by atoms with Crippen LogP contribution in [0.3, 0.4) is 0 Å². The first-order valence-corrected chi connectivity index (χ1v) is 5.56. The molecule has 2 aromatic rings. The Hall–Kier alpha value is -2.37. The Morgan fingerprint density at radius 2 is 2.17 bits per heavy atom. The summed E-state index contributed by atoms with van der Waals surface area (Å²) in [6, 6.07) is 5.29. The number of carbonyl (C=O) groups excluding carboxylic acids is 1. The van der Waals surface area contributed by atoms with Crippen LogP contribution in [0.2, 0.25) is 0 Å². The van der Waals surface area contributed by atoms with Crippen molar-refractivity contribution >= 4 is 17.5 Å². The van der Waals surface area contributed by atoms with Crippen LogP contribution >= 0.6 is 0 Å². The highest BCUT2D eigenvalue weighted by Gasteiger charge is 2.09. The van der Waals surface area contributed by atoms with Crippen LogP contribution in [0.4, 0.5) is 11.6 Å². The Bertz CT molecular complexity index is 558. The van der Waals surface area contributed by atoms with Crippen LogP contribution in [0.5, 0.6) is 0 Å². The lowest BCUT2D eigenvalue weighted by molar-refractivity contribution is 0.102. The lowest BCUT2D eigenvalue weighted by atomic mass is 10.2. The van der Waals surface area contributed by atoms with Crippen molar-refractivity contribution < 1.29 is 4.79 Å². The molecule has 18 heavy (non-hydrogen) atoms. The second-order valence-corrected chi connectivity index (χ2v) is 3.93. The van der Waals surface area contributed by atoms with Gasteiger partial charge in [-0.1, -0.05) is 0 Å². The number of amides is 1. The molecule has 0 bridgehead atoms. The summed E-state index contributed by atoms with van der Waals surface area (Å²) >= 11 is 0. The number of nitrogens with zero attached hydrogens (tertiary/aromatic N) is 3. The van der Waals surface area contributed by atoms with Gasteiger partial charge in [0.05, 0.1) is 11.3 Å². The van der Waals surface area contributed by atoms with Crippen LogP contribution in [0.1, 0.15) is 16.1 Å². The first-order valence-electron chi connectivity index (χ1n) is 5.56. The maximum atomic E-state index is 12.0. The van der Waals surface area contributed by atoms with Gasteiger partial charge in [0.1, 0.15) is 11.6 Å². The van der Waals surface area contributed by atoms with Crippen molar-refractivity contribution in [3.8, 4) is 0 Å². The van der Waals surface area contributed by atoms with E-state index in [9.17, 15) is 4.79 Å². The average Bonchev–Trinajstić information content (AvgIpc) is 2.68. The minimum Gasteiger partial charge on any atom is -0.373 e. The van der Waals surface area contributed by atoms with Gasteiger partial charge in [-0.3, -0.25) is 9.48 Å². The van der Waals surface area contributed by atoms with Gasteiger partial charge in [0.2, 0.25) is 0 Å². The number of aryl methyl sites for hydroxylation is 2. The molecule has 2 aromatic heterocycles. The number of rotatable bonds is 3. The molecular formula is C12H15N5O. The molecule has 0 radical (unpaired) electrons. The summed E-state index contributed by atoms with van der Waals surface area (Å²) in [6.45, 7) is 1.87. The van der Waals surface area contributed by atoms with Gasteiger partial charge in [-0.2, -0.15) is 5.10 Å². The van der Waals surface area contributed by atoms with Crippen molar-refractivity contribution in [1.82, 2.24) is 14.8 Å². The van der Waals surface area contributed by atoms with Crippen molar-refractivity contribution in [2.75, 3.05) is 17.7 Å². The van der Waals surface area contributed by atoms with Crippen molar-refractivity contribution in [3.63, 3.8) is 0 Å². The molecule has 0 saturated heterocycles. The smallest absolute Gasteiger partial charge is 0.258 e. The van der Waals surface area contributed by atoms with Gasteiger partial charge in [0.15, 0.2) is 0 Å². The second kappa shape index (κ2) is 4.87. The van der Waals surface area contributed by atoms with E-state index in [1.165, 1.54) is 6.20 Å². The van der Waals surface area contributed by atoms with Gasteiger partial charge in [-0.05, 0) is 19.1 Å². The molecule has 2 heterocycles. The minimum absolute atomic E-state index is 0.201. The Morgan fingerprint density at radius 3 is 2.67 bits per heavy atom. The number of pyridine rings is 1. The number of hydrogen-bond acceptors (Lipinski definition) is 4. The summed E-state index contributed by atoms with van der Waals surface area (Å²) in [5.74, 6) is 1.19. The summed E-state index contributed by atoms with van der Waals surface area (Å²) in [7, 11) is 3.56. The van der Waals surface area contributed by atoms with Crippen molar-refractivity contribution in [2.24, 2.45) is 7.05 Å². The molecule has 6 nitrogen and oxygen atoms in total. The van der Waals surface area contributed by atoms with E-state index < -0.39 is 0 Å². The Morgan fingerprint density at radius 1 is 1.39 bits per heavy atom. The fourth-order valence-corrected chi connectivity index (χ4v) is 1.59. The van der Waals surface area contributed by atoms with E-state index in [1.807, 2.05) is 13.0 Å². The summed E-state index contributed by atoms with van der Waals surface area (Å²) in [5, 5.41) is 9.85. The van der Waals surface area contributed by atoms with Crippen LogP contribution < -0.4 is 10.6 Å². The molecule has 0 saturated carbocycles. The zero-order valence-electron chi connectivity index (χ0n) is 10.6. The molecule has 2 N–H and O–H groups in total. The molecule has 0 atom stereocenters. The van der Waals surface area contributed by atoms with Gasteiger partial charge in [-0.15, -0.1) is 0 Å². The molecular weight excluding hydrogens is 230 g/mol. The van der Waals surface area contributed by atoms with Crippen LogP contribution in [0.15, 0.2) is 24.4 Å². The molecule has 0 aliphatic heterocycles. The summed E-state index contributed by atoms with van der Waals surface area (Å²) in [6.07, 6.45) is 1.53. The van der Waals surface area contributed by atoms with E-state index in [1.54, 1.807) is 30.9 Å². The van der Waals surface area contributed by atoms with E-state index in [4.69, 9.17) is 0 Å². The topological polar surface area (TPSA) is 71.8 Å². The summed E-state index contributed by atoms with van der Waals surface area (Å²) in [5.41, 5.74) is 1.37. The van der Waals surface area contributed by atoms with E-state index in [2.05, 4.69) is 20.7 Å². The molecule has 0 aliphatic rings. The van der Waals surface area contributed by atoms with E-state index in [0.29, 0.717) is 11.4 Å². The summed E-state index contributed by atoms with van der Waals surface area (Å²) in [4.78, 5) is 16.1. The number of aromatic nitrogens is 3. The fraction of sp³-hybridized carbons (Fsp3) is 0.250. The predicted octanol–water partition coefficient (Wildman–Crippen LogP) is 1.42. The first kappa shape index (κ1) is 12.1. The average molecular weight is 245 g/mol. The zero-order valence-corrected chi connectivity index (χ0v) is 10.6. The molecule has 94 valence electrons. The molecule has 0 aliphatic carbocycles. The van der Waals surface area contributed by atoms with Crippen LogP contribution in [0, 0.1) is 6.92 Å². The number of hydrogen-bond donors (Lipinski definition) is 2. The van der Waals surface area contributed by atoms with E-state index in [-0.39, 0.29) is 5.91 Å². The number of carbonyl (C=O) groups is 1. The fourth-order valence-electron chi connectivity index (χ4n) is 1.59. The van der Waals surface area contributed by atoms with Crippen LogP contribution in [-0.4, -0.2) is 27.7 Å². The van der Waals surface area contributed by atoms with Crippen molar-refractivity contribution in [1.29, 1.82) is 0 Å². The third-order valence-corrected chi connectivity index (χ3v) is 2.53. The second-order valence-electron chi connectivity index (χ2n) is 3.93. The first-order chi connectivity index (χ1) is 8.60. The molecule has 1 amide bonds. The maximum Gasteiger partial charge on any atom is 0.258 e. The highest BCUT2D eigenvalue weighted by atomic mass is 16.1. The lowest BCUT2D eigenvalue weighted by Gasteiger charge is -2.05. The van der Waals surface area contributed by atoms with Gasteiger partial charge in [-0.25, -0.2) is 4.98 Å². The standard InChI is InChI=1S/C12H15N5O/c1-8-6-11(17(3)16-8)15-12(18)9-4-5-10(13-2)14-7-9/h4-7H,1-3H3,(H,13,14)(H,15,18). The third-order valence-electron chi connectivity index (χ3n) is 2.53. The molecule has 0 spiro atoms. The van der Waals surface area contributed by atoms with Crippen LogP contribution in [-0.2, 0) is 7.05 Å². The molecule has 2 rings (SSSR count). The Kier molecular flexibility index (Phi) is 3.27. The van der Waals surface area contributed by atoms with E-state index in [0.717, 1.165) is 11.5 Å². The SMILES string of the molecule is CNc1ccc(C(=O)Nc2cc(C)nn2C)cn1. The number of anilines is 2. The number of nitrogens with one attached hydrogen (secondary N) is 2. The van der Waals surface area contributed by atoms with Crippen LogP contribution in [0.25, 0.3) is 0 Å². The molecule has 0 aromatic carbocycles. The minimum atomic E-state index is -0.201. The van der Waals surface area contributed by atoms with Gasteiger partial charge >= 0.3 is 0 Å². The predicted molar refractivity (Wildman–Crippen MR) is 69.7 cm³/mol. The van der Waals surface area contributed by atoms with Crippen molar-refractivity contribution in [3.05, 3.63) is 35.7 Å². The molecule has 0 fully saturated rings. The van der Waals surface area contributed by atoms with Crippen molar-refractivity contribution in [2.45, 2.75) is 6.92 Å². The van der Waals surface area contributed by atoms with E-state index >= 15 is 0 Å². The third kappa shape index (κ3) is 2.48. The van der Waals surface area contributed by atoms with Gasteiger partial charge in [0.25, 0.3) is 5.91 Å². The zero-order chi connectivity index (χ0) is 13.1. The highest BCUT2D eigenvalue weighted by Crippen LogP contribution is 2.11. The largest absolute Gasteiger partial charge is 0.373 e. The van der Waals surface area contributed by atoms with Gasteiger partial charge < -0.3 is 10.6 Å². The van der Waals surface area contributed by atoms with Gasteiger partial charge in [0, 0.05) is 26.4 Å². The molecule has 6 heteroatoms. The molecule has 0 unspecified atom stereocenters. The maximum absolute atomic E-state index is 12.0. The highest BCUT2D eigenvalue weighted by molar-refractivity contribution is 6.03. The Labute approximate surface area is 105 Å². The normalized spacial score (nSPS) is 10.2. The summed E-state index contributed by atoms with van der Waals surface area (Å²) < 4.78 is 1.63. The monoisotopic (exact) mass is 245 g/mol.